The van der Waals surface area contributed by atoms with Crippen molar-refractivity contribution in [2.24, 2.45) is 5.73 Å². The van der Waals surface area contributed by atoms with Crippen LogP contribution in [0.25, 0.3) is 0 Å². The second-order valence-corrected chi connectivity index (χ2v) is 4.84. The van der Waals surface area contributed by atoms with Crippen molar-refractivity contribution in [2.45, 2.75) is 25.4 Å². The van der Waals surface area contributed by atoms with Crippen LogP contribution in [-0.2, 0) is 11.3 Å². The maximum absolute atomic E-state index is 11.3. The van der Waals surface area contributed by atoms with Crippen molar-refractivity contribution in [3.05, 3.63) is 5.82 Å². The van der Waals surface area contributed by atoms with Gasteiger partial charge in [-0.05, 0) is 19.4 Å². The average Bonchev–Trinajstić information content (AvgIpc) is 2.76. The Labute approximate surface area is 111 Å². The molecule has 1 aromatic heterocycles. The van der Waals surface area contributed by atoms with Crippen LogP contribution in [0.2, 0.25) is 0 Å². The van der Waals surface area contributed by atoms with Gasteiger partial charge in [0.05, 0.1) is 12.6 Å². The first-order chi connectivity index (χ1) is 8.97. The van der Waals surface area contributed by atoms with Crippen molar-refractivity contribution in [1.29, 1.82) is 0 Å². The van der Waals surface area contributed by atoms with E-state index in [0.717, 1.165) is 19.4 Å². The molecule has 1 saturated heterocycles. The van der Waals surface area contributed by atoms with Crippen molar-refractivity contribution >= 4 is 17.8 Å². The van der Waals surface area contributed by atoms with Crippen LogP contribution < -0.4 is 16.4 Å². The molecule has 0 saturated carbocycles. The summed E-state index contributed by atoms with van der Waals surface area (Å²) in [6, 6.07) is -0.235. The number of rotatable bonds is 4. The van der Waals surface area contributed by atoms with E-state index in [1.807, 2.05) is 19.0 Å². The standard InChI is InChI=1S/C11H19N7O/c1-17(2)11-15-8(14-10(13)16-11)6-18-5-3-4-7(18)9(12)19/h7H,3-6H2,1-2H3,(H2,12,19)(H2,13,14,15,16). The summed E-state index contributed by atoms with van der Waals surface area (Å²) in [5, 5.41) is 0. The van der Waals surface area contributed by atoms with Crippen LogP contribution in [0.4, 0.5) is 11.9 Å². The van der Waals surface area contributed by atoms with Crippen LogP contribution in [0, 0.1) is 0 Å². The Balaban J connectivity index is 2.16. The number of hydrogen-bond donors (Lipinski definition) is 2. The average molecular weight is 265 g/mol. The van der Waals surface area contributed by atoms with E-state index < -0.39 is 0 Å². The number of carbonyl (C=O) groups is 1. The molecule has 4 N–H and O–H groups in total. The Morgan fingerprint density at radius 1 is 1.42 bits per heavy atom. The van der Waals surface area contributed by atoms with Gasteiger partial charge in [-0.1, -0.05) is 0 Å². The molecule has 2 rings (SSSR count). The van der Waals surface area contributed by atoms with Gasteiger partial charge in [0.25, 0.3) is 0 Å². The van der Waals surface area contributed by atoms with Crippen LogP contribution in [0.15, 0.2) is 0 Å². The molecule has 1 atom stereocenters. The lowest BCUT2D eigenvalue weighted by atomic mass is 10.2. The van der Waals surface area contributed by atoms with E-state index in [1.165, 1.54) is 0 Å². The lowest BCUT2D eigenvalue weighted by Gasteiger charge is -2.21. The summed E-state index contributed by atoms with van der Waals surface area (Å²) in [6.07, 6.45) is 1.74. The number of carbonyl (C=O) groups excluding carboxylic acids is 1. The summed E-state index contributed by atoms with van der Waals surface area (Å²) >= 11 is 0. The van der Waals surface area contributed by atoms with Gasteiger partial charge in [-0.25, -0.2) is 0 Å². The third-order valence-corrected chi connectivity index (χ3v) is 3.12. The van der Waals surface area contributed by atoms with Crippen molar-refractivity contribution in [3.8, 4) is 0 Å². The fourth-order valence-corrected chi connectivity index (χ4v) is 2.22. The quantitative estimate of drug-likeness (QED) is 0.715. The van der Waals surface area contributed by atoms with Gasteiger partial charge >= 0.3 is 0 Å². The van der Waals surface area contributed by atoms with E-state index in [-0.39, 0.29) is 17.9 Å². The highest BCUT2D eigenvalue weighted by Gasteiger charge is 2.29. The monoisotopic (exact) mass is 265 g/mol. The lowest BCUT2D eigenvalue weighted by Crippen LogP contribution is -2.40. The maximum Gasteiger partial charge on any atom is 0.234 e. The molecular formula is C11H19N7O. The lowest BCUT2D eigenvalue weighted by molar-refractivity contribution is -0.122. The number of nitrogens with two attached hydrogens (primary N) is 2. The van der Waals surface area contributed by atoms with Crippen LogP contribution in [0.3, 0.4) is 0 Å². The molecule has 1 fully saturated rings. The predicted octanol–water partition coefficient (Wildman–Crippen LogP) is -1.03. The van der Waals surface area contributed by atoms with Crippen molar-refractivity contribution in [2.75, 3.05) is 31.3 Å². The van der Waals surface area contributed by atoms with Crippen LogP contribution >= 0.6 is 0 Å². The van der Waals surface area contributed by atoms with E-state index in [0.29, 0.717) is 18.3 Å². The Kier molecular flexibility index (Phi) is 3.79. The zero-order chi connectivity index (χ0) is 14.0. The number of likely N-dealkylation sites (tertiary alicyclic amines) is 1. The molecule has 0 spiro atoms. The molecule has 2 heterocycles. The summed E-state index contributed by atoms with van der Waals surface area (Å²) in [7, 11) is 3.67. The van der Waals surface area contributed by atoms with Crippen molar-refractivity contribution < 1.29 is 4.79 Å². The van der Waals surface area contributed by atoms with E-state index in [4.69, 9.17) is 11.5 Å². The molecule has 8 heteroatoms. The smallest absolute Gasteiger partial charge is 0.234 e. The molecule has 1 amide bonds. The number of primary amides is 1. The van der Waals surface area contributed by atoms with Gasteiger partial charge in [0.15, 0.2) is 0 Å². The first kappa shape index (κ1) is 13.5. The molecule has 1 unspecified atom stereocenters. The number of nitrogens with zero attached hydrogens (tertiary/aromatic N) is 5. The van der Waals surface area contributed by atoms with E-state index in [9.17, 15) is 4.79 Å². The maximum atomic E-state index is 11.3. The fourth-order valence-electron chi connectivity index (χ4n) is 2.22. The molecule has 0 aliphatic carbocycles. The van der Waals surface area contributed by atoms with Gasteiger partial charge in [-0.15, -0.1) is 0 Å². The van der Waals surface area contributed by atoms with Crippen LogP contribution in [0.5, 0.6) is 0 Å². The summed E-state index contributed by atoms with van der Waals surface area (Å²) < 4.78 is 0. The Morgan fingerprint density at radius 2 is 2.16 bits per heavy atom. The minimum Gasteiger partial charge on any atom is -0.368 e. The molecule has 0 bridgehead atoms. The zero-order valence-electron chi connectivity index (χ0n) is 11.2. The highest BCUT2D eigenvalue weighted by molar-refractivity contribution is 5.80. The third kappa shape index (κ3) is 3.08. The first-order valence-electron chi connectivity index (χ1n) is 6.18. The summed E-state index contributed by atoms with van der Waals surface area (Å²) in [6.45, 7) is 1.28. The highest BCUT2D eigenvalue weighted by Crippen LogP contribution is 2.19. The number of nitrogen functional groups attached to an aromatic ring is 1. The minimum atomic E-state index is -0.299. The number of anilines is 2. The second-order valence-electron chi connectivity index (χ2n) is 4.84. The molecule has 0 radical (unpaired) electrons. The topological polar surface area (TPSA) is 114 Å². The molecule has 8 nitrogen and oxygen atoms in total. The first-order valence-corrected chi connectivity index (χ1v) is 6.18. The SMILES string of the molecule is CN(C)c1nc(N)nc(CN2CCCC2C(N)=O)n1. The van der Waals surface area contributed by atoms with Crippen molar-refractivity contribution in [1.82, 2.24) is 19.9 Å². The Hall–Kier alpha value is -1.96. The molecule has 1 aromatic rings. The number of amides is 1. The van der Waals surface area contributed by atoms with Crippen LogP contribution in [-0.4, -0.2) is 52.4 Å². The second kappa shape index (κ2) is 5.35. The molecule has 1 aliphatic rings. The summed E-state index contributed by atoms with van der Waals surface area (Å²) in [4.78, 5) is 27.5. The fraction of sp³-hybridized carbons (Fsp3) is 0.636. The zero-order valence-corrected chi connectivity index (χ0v) is 11.2. The van der Waals surface area contributed by atoms with Gasteiger partial charge in [0, 0.05) is 14.1 Å². The molecule has 104 valence electrons. The number of hydrogen-bond acceptors (Lipinski definition) is 7. The number of aromatic nitrogens is 3. The van der Waals surface area contributed by atoms with Gasteiger partial charge < -0.3 is 16.4 Å². The van der Waals surface area contributed by atoms with E-state index >= 15 is 0 Å². The predicted molar refractivity (Wildman–Crippen MR) is 71.2 cm³/mol. The molecule has 19 heavy (non-hydrogen) atoms. The Morgan fingerprint density at radius 3 is 2.79 bits per heavy atom. The minimum absolute atomic E-state index is 0.184. The van der Waals surface area contributed by atoms with Gasteiger partial charge in [-0.2, -0.15) is 15.0 Å². The largest absolute Gasteiger partial charge is 0.368 e. The van der Waals surface area contributed by atoms with E-state index in [2.05, 4.69) is 15.0 Å². The van der Waals surface area contributed by atoms with Gasteiger partial charge in [0.1, 0.15) is 5.82 Å². The van der Waals surface area contributed by atoms with Crippen molar-refractivity contribution in [3.63, 3.8) is 0 Å². The van der Waals surface area contributed by atoms with Gasteiger partial charge in [0.2, 0.25) is 17.8 Å². The Bertz CT molecular complexity index is 476. The highest BCUT2D eigenvalue weighted by atomic mass is 16.1. The summed E-state index contributed by atoms with van der Waals surface area (Å²) in [5.74, 6) is 0.956. The normalized spacial score (nSPS) is 19.6. The van der Waals surface area contributed by atoms with Gasteiger partial charge in [-0.3, -0.25) is 9.69 Å². The van der Waals surface area contributed by atoms with Crippen LogP contribution in [0.1, 0.15) is 18.7 Å². The molecule has 0 aromatic carbocycles. The third-order valence-electron chi connectivity index (χ3n) is 3.12. The summed E-state index contributed by atoms with van der Waals surface area (Å²) in [5.41, 5.74) is 11.1. The molecular weight excluding hydrogens is 246 g/mol. The molecule has 1 aliphatic heterocycles. The van der Waals surface area contributed by atoms with E-state index in [1.54, 1.807) is 4.90 Å².